The molecule has 0 aliphatic carbocycles. The molecule has 3 aromatic rings. The average molecular weight is 484 g/mol. The number of halogens is 3. The van der Waals surface area contributed by atoms with E-state index in [1.807, 2.05) is 0 Å². The first-order valence-electron chi connectivity index (χ1n) is 10.6. The summed E-state index contributed by atoms with van der Waals surface area (Å²) in [6.45, 7) is 6.04. The molecule has 4 N–H and O–H groups in total. The van der Waals surface area contributed by atoms with Gasteiger partial charge in [-0.05, 0) is 44.9 Å². The van der Waals surface area contributed by atoms with Crippen LogP contribution in [0.3, 0.4) is 0 Å². The minimum atomic E-state index is -4.74. The number of piperidine rings is 1. The number of benzene rings is 1. The summed E-state index contributed by atoms with van der Waals surface area (Å²) in [5.41, 5.74) is -2.39. The van der Waals surface area contributed by atoms with Crippen molar-refractivity contribution in [2.24, 2.45) is 0 Å². The number of aromatic amines is 1. The number of likely N-dealkylation sites (tertiary alicyclic amines) is 1. The monoisotopic (exact) mass is 484 g/mol. The molecule has 0 radical (unpaired) electrons. The number of carbonyl (C=O) groups is 1. The molecule has 0 bridgehead atoms. The third-order valence-corrected chi connectivity index (χ3v) is 5.67. The Morgan fingerprint density at radius 3 is 2.38 bits per heavy atom. The van der Waals surface area contributed by atoms with Gasteiger partial charge in [0.2, 0.25) is 5.69 Å². The van der Waals surface area contributed by atoms with E-state index in [0.717, 1.165) is 6.07 Å². The highest BCUT2D eigenvalue weighted by Gasteiger charge is 2.35. The SMILES string of the molecule is CC(C)(C)OC(=O)N1CCC(c2cc(=O)[nH]c3c4c([NH+](O)O)cc(C(F)(F)F)cc4nn23)CC1. The summed E-state index contributed by atoms with van der Waals surface area (Å²) in [5, 5.41) is 22.3. The zero-order chi connectivity index (χ0) is 25.0. The standard InChI is InChI=1S/C21H24F3N5O5/c1-20(2,3)34-19(31)27-6-4-11(5-7-27)14-10-16(30)25-18-17-13(26-28(14)18)8-12(21(22,23)24)9-15(17)29(32)33/h8-11,32-33H,4-7H2,1-3H3,(H,25,30)/p+1. The maximum Gasteiger partial charge on any atom is 0.416 e. The fraction of sp³-hybridized carbons (Fsp3) is 0.476. The van der Waals surface area contributed by atoms with E-state index in [2.05, 4.69) is 10.1 Å². The van der Waals surface area contributed by atoms with Crippen molar-refractivity contribution >= 4 is 28.3 Å². The van der Waals surface area contributed by atoms with E-state index in [9.17, 15) is 33.2 Å². The van der Waals surface area contributed by atoms with Crippen LogP contribution < -0.4 is 10.8 Å². The average Bonchev–Trinajstić information content (AvgIpc) is 3.09. The summed E-state index contributed by atoms with van der Waals surface area (Å²) in [7, 11) is 0. The van der Waals surface area contributed by atoms with Crippen LogP contribution in [-0.4, -0.2) is 54.7 Å². The maximum absolute atomic E-state index is 13.3. The topological polar surface area (TPSA) is 125 Å². The van der Waals surface area contributed by atoms with Crippen LogP contribution in [0, 0.1) is 0 Å². The van der Waals surface area contributed by atoms with Crippen LogP contribution >= 0.6 is 0 Å². The number of fused-ring (bicyclic) bond motifs is 3. The van der Waals surface area contributed by atoms with Crippen LogP contribution in [0.2, 0.25) is 0 Å². The van der Waals surface area contributed by atoms with Gasteiger partial charge in [0.15, 0.2) is 5.65 Å². The second-order valence-electron chi connectivity index (χ2n) is 9.30. The first-order valence-corrected chi connectivity index (χ1v) is 10.6. The van der Waals surface area contributed by atoms with Gasteiger partial charge in [-0.15, -0.1) is 0 Å². The van der Waals surface area contributed by atoms with Gasteiger partial charge in [-0.3, -0.25) is 4.79 Å². The van der Waals surface area contributed by atoms with Crippen molar-refractivity contribution < 1.29 is 38.3 Å². The predicted octanol–water partition coefficient (Wildman–Crippen LogP) is 2.60. The molecule has 1 aromatic carbocycles. The predicted molar refractivity (Wildman–Crippen MR) is 112 cm³/mol. The van der Waals surface area contributed by atoms with Gasteiger partial charge in [0, 0.05) is 31.1 Å². The number of aromatic nitrogens is 3. The maximum atomic E-state index is 13.3. The van der Waals surface area contributed by atoms with E-state index < -0.39 is 39.9 Å². The van der Waals surface area contributed by atoms with Gasteiger partial charge in [-0.2, -0.15) is 28.7 Å². The summed E-state index contributed by atoms with van der Waals surface area (Å²) in [5.74, 6) is -0.213. The lowest BCUT2D eigenvalue weighted by Gasteiger charge is -2.33. The van der Waals surface area contributed by atoms with E-state index >= 15 is 0 Å². The minimum absolute atomic E-state index is 0.0156. The molecule has 4 rings (SSSR count). The Balaban J connectivity index is 1.75. The van der Waals surface area contributed by atoms with Crippen LogP contribution in [-0.2, 0) is 10.9 Å². The molecule has 0 unspecified atom stereocenters. The lowest BCUT2D eigenvalue weighted by molar-refractivity contribution is -1.19. The largest absolute Gasteiger partial charge is 0.444 e. The molecule has 0 saturated carbocycles. The fourth-order valence-electron chi connectivity index (χ4n) is 4.18. The molecule has 2 aromatic heterocycles. The summed E-state index contributed by atoms with van der Waals surface area (Å²) >= 11 is 0. The van der Waals surface area contributed by atoms with Crippen molar-refractivity contribution in [3.63, 3.8) is 0 Å². The lowest BCUT2D eigenvalue weighted by Crippen LogP contribution is -3.02. The van der Waals surface area contributed by atoms with E-state index in [1.165, 1.54) is 10.6 Å². The molecular formula is C21H25F3N5O5+. The van der Waals surface area contributed by atoms with Gasteiger partial charge in [0.25, 0.3) is 5.56 Å². The Labute approximate surface area is 191 Å². The van der Waals surface area contributed by atoms with Crippen LogP contribution in [0.5, 0.6) is 0 Å². The van der Waals surface area contributed by atoms with Crippen molar-refractivity contribution in [2.75, 3.05) is 13.1 Å². The first kappa shape index (κ1) is 24.0. The number of carbonyl (C=O) groups excluding carboxylic acids is 1. The molecule has 1 fully saturated rings. The quantitative estimate of drug-likeness (QED) is 0.415. The summed E-state index contributed by atoms with van der Waals surface area (Å²) in [4.78, 5) is 28.9. The number of hydrogen-bond donors (Lipinski definition) is 4. The molecule has 34 heavy (non-hydrogen) atoms. The molecule has 1 aliphatic rings. The molecule has 184 valence electrons. The number of rotatable bonds is 2. The van der Waals surface area contributed by atoms with Crippen molar-refractivity contribution in [1.29, 1.82) is 0 Å². The highest BCUT2D eigenvalue weighted by molar-refractivity contribution is 6.00. The Hall–Kier alpha value is -3.16. The zero-order valence-electron chi connectivity index (χ0n) is 18.7. The van der Waals surface area contributed by atoms with E-state index in [4.69, 9.17) is 4.74 Å². The van der Waals surface area contributed by atoms with Crippen molar-refractivity contribution in [3.05, 3.63) is 39.8 Å². The van der Waals surface area contributed by atoms with Gasteiger partial charge in [0.05, 0.1) is 11.3 Å². The Morgan fingerprint density at radius 2 is 1.82 bits per heavy atom. The number of ether oxygens (including phenoxy) is 1. The van der Waals surface area contributed by atoms with E-state index in [0.29, 0.717) is 37.7 Å². The normalized spacial score (nSPS) is 16.1. The summed E-state index contributed by atoms with van der Waals surface area (Å²) in [6.07, 6.45) is -4.22. The van der Waals surface area contributed by atoms with Crippen molar-refractivity contribution in [3.8, 4) is 0 Å². The second kappa shape index (κ2) is 8.25. The molecule has 1 saturated heterocycles. The molecule has 1 amide bonds. The fourth-order valence-corrected chi connectivity index (χ4v) is 4.18. The van der Waals surface area contributed by atoms with Crippen molar-refractivity contribution in [2.45, 2.75) is 51.3 Å². The molecule has 3 heterocycles. The lowest BCUT2D eigenvalue weighted by atomic mass is 9.93. The van der Waals surface area contributed by atoms with Gasteiger partial charge in [-0.25, -0.2) is 9.31 Å². The van der Waals surface area contributed by atoms with E-state index in [1.54, 1.807) is 25.7 Å². The zero-order valence-corrected chi connectivity index (χ0v) is 18.7. The van der Waals surface area contributed by atoms with E-state index in [-0.39, 0.29) is 22.5 Å². The third kappa shape index (κ3) is 4.58. The van der Waals surface area contributed by atoms with Crippen LogP contribution in [0.15, 0.2) is 23.0 Å². The third-order valence-electron chi connectivity index (χ3n) is 5.67. The van der Waals surface area contributed by atoms with Gasteiger partial charge >= 0.3 is 12.3 Å². The van der Waals surface area contributed by atoms with Crippen LogP contribution in [0.25, 0.3) is 16.6 Å². The van der Waals surface area contributed by atoms with Crippen LogP contribution in [0.4, 0.5) is 23.7 Å². The molecule has 0 spiro atoms. The number of quaternary nitrogens is 1. The number of nitrogens with zero attached hydrogens (tertiary/aromatic N) is 3. The number of H-pyrrole nitrogens is 1. The molecule has 1 aliphatic heterocycles. The smallest absolute Gasteiger partial charge is 0.416 e. The number of alkyl halides is 3. The van der Waals surface area contributed by atoms with Gasteiger partial charge in [0.1, 0.15) is 16.5 Å². The number of amides is 1. The minimum Gasteiger partial charge on any atom is -0.444 e. The van der Waals surface area contributed by atoms with Gasteiger partial charge < -0.3 is 14.6 Å². The summed E-state index contributed by atoms with van der Waals surface area (Å²) < 4.78 is 46.8. The number of nitrogens with one attached hydrogen (secondary N) is 2. The first-order chi connectivity index (χ1) is 15.7. The van der Waals surface area contributed by atoms with Gasteiger partial charge in [-0.1, -0.05) is 0 Å². The highest BCUT2D eigenvalue weighted by atomic mass is 19.4. The molecule has 0 atom stereocenters. The van der Waals surface area contributed by atoms with Crippen LogP contribution in [0.1, 0.15) is 50.8 Å². The molecular weight excluding hydrogens is 459 g/mol. The Kier molecular flexibility index (Phi) is 5.82. The van der Waals surface area contributed by atoms with Crippen molar-refractivity contribution in [1.82, 2.24) is 19.5 Å². The number of hydrogen-bond acceptors (Lipinski definition) is 6. The molecule has 13 heteroatoms. The Bertz CT molecular complexity index is 1300. The summed E-state index contributed by atoms with van der Waals surface area (Å²) in [6, 6.07) is 2.71. The molecule has 10 nitrogen and oxygen atoms in total. The second-order valence-corrected chi connectivity index (χ2v) is 9.30. The Morgan fingerprint density at radius 1 is 1.18 bits per heavy atom. The highest BCUT2D eigenvalue weighted by Crippen LogP contribution is 2.36.